The Morgan fingerprint density at radius 1 is 1.69 bits per heavy atom. The minimum absolute atomic E-state index is 0.181. The summed E-state index contributed by atoms with van der Waals surface area (Å²) in [7, 11) is 2.04. The number of nitrogens with one attached hydrogen (secondary N) is 2. The summed E-state index contributed by atoms with van der Waals surface area (Å²) >= 11 is 0. The highest BCUT2D eigenvalue weighted by atomic mass is 16.1. The van der Waals surface area contributed by atoms with E-state index in [-0.39, 0.29) is 11.5 Å². The van der Waals surface area contributed by atoms with Gasteiger partial charge in [0.2, 0.25) is 5.95 Å². The summed E-state index contributed by atoms with van der Waals surface area (Å²) < 4.78 is 0. The third-order valence-electron chi connectivity index (χ3n) is 2.88. The third-order valence-corrected chi connectivity index (χ3v) is 2.88. The maximum atomic E-state index is 11.2. The lowest BCUT2D eigenvalue weighted by molar-refractivity contribution is 0.246. The Hall–Kier alpha value is -1.40. The molecule has 0 bridgehead atoms. The molecule has 0 spiro atoms. The fourth-order valence-electron chi connectivity index (χ4n) is 2.01. The van der Waals surface area contributed by atoms with Gasteiger partial charge in [-0.3, -0.25) is 14.7 Å². The average Bonchev–Trinajstić information content (AvgIpc) is 2.68. The van der Waals surface area contributed by atoms with E-state index < -0.39 is 0 Å². The normalized spacial score (nSPS) is 20.5. The third kappa shape index (κ3) is 2.59. The van der Waals surface area contributed by atoms with Crippen LogP contribution in [-0.2, 0) is 6.54 Å². The van der Waals surface area contributed by atoms with Crippen LogP contribution in [0.5, 0.6) is 0 Å². The van der Waals surface area contributed by atoms with Crippen LogP contribution in [0.15, 0.2) is 10.9 Å². The maximum absolute atomic E-state index is 11.2. The van der Waals surface area contributed by atoms with Crippen LogP contribution >= 0.6 is 0 Å². The first-order valence-corrected chi connectivity index (χ1v) is 5.42. The van der Waals surface area contributed by atoms with Crippen molar-refractivity contribution in [1.29, 1.82) is 0 Å². The summed E-state index contributed by atoms with van der Waals surface area (Å²) in [6.07, 6.45) is 1.13. The molecular weight excluding hydrogens is 206 g/mol. The molecule has 0 saturated carbocycles. The molecule has 6 heteroatoms. The van der Waals surface area contributed by atoms with E-state index in [1.807, 2.05) is 7.05 Å². The Balaban J connectivity index is 2.05. The summed E-state index contributed by atoms with van der Waals surface area (Å²) in [5.41, 5.74) is 6.02. The second-order valence-corrected chi connectivity index (χ2v) is 4.18. The Bertz CT molecular complexity index is 410. The van der Waals surface area contributed by atoms with Gasteiger partial charge in [-0.15, -0.1) is 0 Å². The van der Waals surface area contributed by atoms with Crippen LogP contribution in [0.3, 0.4) is 0 Å². The molecule has 4 N–H and O–H groups in total. The monoisotopic (exact) mass is 223 g/mol. The van der Waals surface area contributed by atoms with Gasteiger partial charge in [0.15, 0.2) is 0 Å². The molecule has 0 aliphatic carbocycles. The SMILES string of the molecule is CN(Cc1cc(=O)[nH]c(N)n1)[C@H]1CCNC1. The molecule has 1 saturated heterocycles. The number of nitrogen functional groups attached to an aromatic ring is 1. The highest BCUT2D eigenvalue weighted by molar-refractivity contribution is 5.17. The van der Waals surface area contributed by atoms with Crippen molar-refractivity contribution in [2.75, 3.05) is 25.9 Å². The molecule has 16 heavy (non-hydrogen) atoms. The van der Waals surface area contributed by atoms with Crippen molar-refractivity contribution >= 4 is 5.95 Å². The number of nitrogens with zero attached hydrogens (tertiary/aromatic N) is 2. The molecule has 0 amide bonds. The van der Waals surface area contributed by atoms with Gasteiger partial charge in [-0.25, -0.2) is 4.98 Å². The molecule has 2 rings (SSSR count). The van der Waals surface area contributed by atoms with Gasteiger partial charge >= 0.3 is 0 Å². The van der Waals surface area contributed by atoms with Gasteiger partial charge in [0.1, 0.15) is 0 Å². The zero-order chi connectivity index (χ0) is 11.5. The van der Waals surface area contributed by atoms with Crippen molar-refractivity contribution in [3.8, 4) is 0 Å². The number of rotatable bonds is 3. The molecule has 88 valence electrons. The van der Waals surface area contributed by atoms with Gasteiger partial charge < -0.3 is 11.1 Å². The highest BCUT2D eigenvalue weighted by Crippen LogP contribution is 2.09. The van der Waals surface area contributed by atoms with Crippen LogP contribution in [0.2, 0.25) is 0 Å². The zero-order valence-corrected chi connectivity index (χ0v) is 9.36. The first kappa shape index (κ1) is 11.1. The molecule has 2 heterocycles. The van der Waals surface area contributed by atoms with Crippen LogP contribution < -0.4 is 16.6 Å². The van der Waals surface area contributed by atoms with Crippen LogP contribution in [0.4, 0.5) is 5.95 Å². The van der Waals surface area contributed by atoms with E-state index >= 15 is 0 Å². The van der Waals surface area contributed by atoms with E-state index in [2.05, 4.69) is 20.2 Å². The van der Waals surface area contributed by atoms with Crippen molar-refractivity contribution in [2.24, 2.45) is 0 Å². The van der Waals surface area contributed by atoms with Crippen molar-refractivity contribution in [3.63, 3.8) is 0 Å². The smallest absolute Gasteiger partial charge is 0.252 e. The predicted molar refractivity (Wildman–Crippen MR) is 62.0 cm³/mol. The minimum Gasteiger partial charge on any atom is -0.369 e. The molecular formula is C10H17N5O. The van der Waals surface area contributed by atoms with Gasteiger partial charge in [-0.2, -0.15) is 0 Å². The van der Waals surface area contributed by atoms with Crippen molar-refractivity contribution in [2.45, 2.75) is 19.0 Å². The topological polar surface area (TPSA) is 87.0 Å². The largest absolute Gasteiger partial charge is 0.369 e. The first-order valence-electron chi connectivity index (χ1n) is 5.42. The quantitative estimate of drug-likeness (QED) is 0.621. The standard InChI is InChI=1S/C10H17N5O/c1-15(8-2-3-12-5-8)6-7-4-9(16)14-10(11)13-7/h4,8,12H,2-3,5-6H2,1H3,(H3,11,13,14,16)/t8-/m0/s1. The summed E-state index contributed by atoms with van der Waals surface area (Å²) in [6, 6.07) is 2.01. The van der Waals surface area contributed by atoms with E-state index in [0.29, 0.717) is 12.6 Å². The van der Waals surface area contributed by atoms with Gasteiger partial charge in [-0.1, -0.05) is 0 Å². The molecule has 1 aliphatic rings. The number of aromatic amines is 1. The van der Waals surface area contributed by atoms with Gasteiger partial charge in [0, 0.05) is 25.2 Å². The molecule has 6 nitrogen and oxygen atoms in total. The Labute approximate surface area is 93.9 Å². The fourth-order valence-corrected chi connectivity index (χ4v) is 2.01. The van der Waals surface area contributed by atoms with Crippen molar-refractivity contribution in [1.82, 2.24) is 20.2 Å². The molecule has 1 fully saturated rings. The summed E-state index contributed by atoms with van der Waals surface area (Å²) in [5, 5.41) is 3.31. The van der Waals surface area contributed by atoms with Crippen LogP contribution in [0.25, 0.3) is 0 Å². The first-order chi connectivity index (χ1) is 7.65. The van der Waals surface area contributed by atoms with Gasteiger partial charge in [0.05, 0.1) is 5.69 Å². The lowest BCUT2D eigenvalue weighted by Gasteiger charge is -2.22. The molecule has 0 aromatic carbocycles. The van der Waals surface area contributed by atoms with Crippen LogP contribution in [-0.4, -0.2) is 41.0 Å². The van der Waals surface area contributed by atoms with Gasteiger partial charge in [0.25, 0.3) is 5.56 Å². The van der Waals surface area contributed by atoms with E-state index in [1.165, 1.54) is 6.07 Å². The molecule has 0 unspecified atom stereocenters. The number of hydrogen-bond donors (Lipinski definition) is 3. The fraction of sp³-hybridized carbons (Fsp3) is 0.600. The number of nitrogens with two attached hydrogens (primary N) is 1. The van der Waals surface area contributed by atoms with E-state index in [4.69, 9.17) is 5.73 Å². The van der Waals surface area contributed by atoms with Crippen LogP contribution in [0, 0.1) is 0 Å². The lowest BCUT2D eigenvalue weighted by atomic mass is 10.2. The summed E-state index contributed by atoms with van der Waals surface area (Å²) in [6.45, 7) is 2.70. The molecule has 0 radical (unpaired) electrons. The zero-order valence-electron chi connectivity index (χ0n) is 9.36. The Morgan fingerprint density at radius 3 is 3.12 bits per heavy atom. The van der Waals surface area contributed by atoms with E-state index in [9.17, 15) is 4.79 Å². The van der Waals surface area contributed by atoms with Crippen molar-refractivity contribution < 1.29 is 0 Å². The number of hydrogen-bond acceptors (Lipinski definition) is 5. The predicted octanol–water partition coefficient (Wildman–Crippen LogP) is -0.854. The maximum Gasteiger partial charge on any atom is 0.252 e. The number of anilines is 1. The average molecular weight is 223 g/mol. The Morgan fingerprint density at radius 2 is 2.50 bits per heavy atom. The highest BCUT2D eigenvalue weighted by Gasteiger charge is 2.19. The number of H-pyrrole nitrogens is 1. The molecule has 1 atom stereocenters. The summed E-state index contributed by atoms with van der Waals surface area (Å²) in [4.78, 5) is 19.9. The Kier molecular flexibility index (Phi) is 3.21. The second-order valence-electron chi connectivity index (χ2n) is 4.18. The number of aromatic nitrogens is 2. The number of likely N-dealkylation sites (N-methyl/N-ethyl adjacent to an activating group) is 1. The lowest BCUT2D eigenvalue weighted by Crippen LogP contribution is -2.33. The minimum atomic E-state index is -0.194. The molecule has 1 aromatic heterocycles. The second kappa shape index (κ2) is 4.63. The van der Waals surface area contributed by atoms with E-state index in [0.717, 1.165) is 25.2 Å². The van der Waals surface area contributed by atoms with Gasteiger partial charge in [-0.05, 0) is 20.0 Å². The molecule has 1 aromatic rings. The molecule has 1 aliphatic heterocycles. The summed E-state index contributed by atoms with van der Waals surface area (Å²) in [5.74, 6) is 0.181. The van der Waals surface area contributed by atoms with Crippen LogP contribution in [0.1, 0.15) is 12.1 Å². The van der Waals surface area contributed by atoms with Crippen molar-refractivity contribution in [3.05, 3.63) is 22.1 Å². The van der Waals surface area contributed by atoms with E-state index in [1.54, 1.807) is 0 Å².